The molecule has 0 heterocycles. The lowest BCUT2D eigenvalue weighted by molar-refractivity contribution is -0.136. The van der Waals surface area contributed by atoms with Gasteiger partial charge < -0.3 is 15.4 Å². The van der Waals surface area contributed by atoms with Gasteiger partial charge in [-0.1, -0.05) is 29.8 Å². The van der Waals surface area contributed by atoms with Gasteiger partial charge >= 0.3 is 11.8 Å². The summed E-state index contributed by atoms with van der Waals surface area (Å²) in [5, 5.41) is 5.05. The van der Waals surface area contributed by atoms with Gasteiger partial charge in [-0.3, -0.25) is 9.59 Å². The summed E-state index contributed by atoms with van der Waals surface area (Å²) < 4.78 is 18.4. The number of halogens is 2. The summed E-state index contributed by atoms with van der Waals surface area (Å²) in [4.78, 5) is 23.5. The van der Waals surface area contributed by atoms with Gasteiger partial charge in [-0.2, -0.15) is 0 Å². The minimum absolute atomic E-state index is 0.0811. The molecule has 2 aromatic carbocycles. The maximum absolute atomic E-state index is 13.4. The molecule has 0 aromatic heterocycles. The number of methoxy groups -OCH3 is 1. The van der Waals surface area contributed by atoms with E-state index in [-0.39, 0.29) is 6.54 Å². The highest BCUT2D eigenvalue weighted by Crippen LogP contribution is 2.27. The number of amides is 2. The number of ether oxygens (including phenoxy) is 1. The van der Waals surface area contributed by atoms with E-state index in [0.717, 1.165) is 0 Å². The lowest BCUT2D eigenvalue weighted by Gasteiger charge is -2.09. The molecule has 0 saturated heterocycles. The predicted molar refractivity (Wildman–Crippen MR) is 84.9 cm³/mol. The molecule has 0 saturated carbocycles. The first-order valence-electron chi connectivity index (χ1n) is 6.67. The van der Waals surface area contributed by atoms with E-state index in [1.807, 2.05) is 0 Å². The van der Waals surface area contributed by atoms with Crippen LogP contribution in [0.5, 0.6) is 5.75 Å². The van der Waals surface area contributed by atoms with E-state index in [1.165, 1.54) is 25.3 Å². The van der Waals surface area contributed by atoms with Crippen LogP contribution in [0, 0.1) is 5.82 Å². The summed E-state index contributed by atoms with van der Waals surface area (Å²) in [5.74, 6) is -1.74. The molecule has 0 atom stereocenters. The highest BCUT2D eigenvalue weighted by molar-refractivity contribution is 6.39. The van der Waals surface area contributed by atoms with Gasteiger partial charge in [-0.15, -0.1) is 0 Å². The van der Waals surface area contributed by atoms with Crippen molar-refractivity contribution in [3.8, 4) is 5.75 Å². The van der Waals surface area contributed by atoms with Crippen molar-refractivity contribution in [3.63, 3.8) is 0 Å². The molecule has 0 spiro atoms. The Bertz CT molecular complexity index is 737. The van der Waals surface area contributed by atoms with Gasteiger partial charge in [0.2, 0.25) is 0 Å². The Morgan fingerprint density at radius 2 is 1.91 bits per heavy atom. The van der Waals surface area contributed by atoms with Crippen LogP contribution in [0.1, 0.15) is 5.56 Å². The topological polar surface area (TPSA) is 67.4 Å². The Morgan fingerprint density at radius 1 is 1.17 bits per heavy atom. The molecule has 7 heteroatoms. The molecule has 5 nitrogen and oxygen atoms in total. The van der Waals surface area contributed by atoms with E-state index in [1.54, 1.807) is 24.3 Å². The SMILES string of the molecule is COc1ccc(NC(=O)C(=O)NCc2ccccc2F)cc1Cl. The third-order valence-corrected chi connectivity index (χ3v) is 3.31. The third kappa shape index (κ3) is 4.43. The predicted octanol–water partition coefficient (Wildman–Crippen LogP) is 2.74. The lowest BCUT2D eigenvalue weighted by atomic mass is 10.2. The van der Waals surface area contributed by atoms with Crippen LogP contribution >= 0.6 is 11.6 Å². The number of carbonyl (C=O) groups is 2. The number of hydrogen-bond acceptors (Lipinski definition) is 3. The van der Waals surface area contributed by atoms with Crippen molar-refractivity contribution in [2.75, 3.05) is 12.4 Å². The first kappa shape index (κ1) is 16.8. The van der Waals surface area contributed by atoms with Gasteiger partial charge in [0.15, 0.2) is 0 Å². The molecule has 0 aliphatic carbocycles. The molecule has 0 bridgehead atoms. The fourth-order valence-electron chi connectivity index (χ4n) is 1.83. The molecule has 0 aliphatic rings. The number of hydrogen-bond donors (Lipinski definition) is 2. The average molecular weight is 337 g/mol. The van der Waals surface area contributed by atoms with Crippen molar-refractivity contribution in [1.29, 1.82) is 0 Å². The molecule has 2 amide bonds. The summed E-state index contributed by atoms with van der Waals surface area (Å²) in [6, 6.07) is 10.6. The fraction of sp³-hybridized carbons (Fsp3) is 0.125. The van der Waals surface area contributed by atoms with Crippen LogP contribution < -0.4 is 15.4 Å². The van der Waals surface area contributed by atoms with E-state index in [2.05, 4.69) is 10.6 Å². The molecule has 2 rings (SSSR count). The van der Waals surface area contributed by atoms with Gasteiger partial charge in [0.1, 0.15) is 11.6 Å². The quantitative estimate of drug-likeness (QED) is 0.844. The minimum Gasteiger partial charge on any atom is -0.495 e. The molecule has 0 fully saturated rings. The van der Waals surface area contributed by atoms with Gasteiger partial charge in [-0.05, 0) is 24.3 Å². The van der Waals surface area contributed by atoms with Crippen molar-refractivity contribution in [3.05, 3.63) is 58.9 Å². The van der Waals surface area contributed by atoms with E-state index >= 15 is 0 Å². The molecular formula is C16H14ClFN2O3. The van der Waals surface area contributed by atoms with Gasteiger partial charge in [-0.25, -0.2) is 4.39 Å². The summed E-state index contributed by atoms with van der Waals surface area (Å²) in [6.45, 7) is -0.0811. The maximum Gasteiger partial charge on any atom is 0.313 e. The normalized spacial score (nSPS) is 10.0. The molecule has 0 radical (unpaired) electrons. The van der Waals surface area contributed by atoms with Crippen molar-refractivity contribution in [2.24, 2.45) is 0 Å². The molecule has 2 aromatic rings. The molecule has 0 unspecified atom stereocenters. The standard InChI is InChI=1S/C16H14ClFN2O3/c1-23-14-7-6-11(8-12(14)17)20-16(22)15(21)19-9-10-4-2-3-5-13(10)18/h2-8H,9H2,1H3,(H,19,21)(H,20,22). The molecule has 120 valence electrons. The van der Waals surface area contributed by atoms with Crippen molar-refractivity contribution in [1.82, 2.24) is 5.32 Å². The molecular weight excluding hydrogens is 323 g/mol. The second kappa shape index (κ2) is 7.60. The summed E-state index contributed by atoms with van der Waals surface area (Å²) in [6.07, 6.45) is 0. The van der Waals surface area contributed by atoms with Crippen molar-refractivity contribution in [2.45, 2.75) is 6.54 Å². The first-order valence-corrected chi connectivity index (χ1v) is 7.05. The zero-order valence-electron chi connectivity index (χ0n) is 12.2. The smallest absolute Gasteiger partial charge is 0.313 e. The number of rotatable bonds is 4. The van der Waals surface area contributed by atoms with Crippen molar-refractivity contribution >= 4 is 29.1 Å². The number of nitrogens with one attached hydrogen (secondary N) is 2. The lowest BCUT2D eigenvalue weighted by Crippen LogP contribution is -2.35. The highest BCUT2D eigenvalue weighted by Gasteiger charge is 2.14. The highest BCUT2D eigenvalue weighted by atomic mass is 35.5. The number of benzene rings is 2. The van der Waals surface area contributed by atoms with Gasteiger partial charge in [0, 0.05) is 17.8 Å². The Morgan fingerprint density at radius 3 is 2.57 bits per heavy atom. The number of anilines is 1. The van der Waals surface area contributed by atoms with E-state index < -0.39 is 17.6 Å². The van der Waals surface area contributed by atoms with Gasteiger partial charge in [0.25, 0.3) is 0 Å². The van der Waals surface area contributed by atoms with Crippen LogP contribution in [0.15, 0.2) is 42.5 Å². The van der Waals surface area contributed by atoms with Crippen LogP contribution in [0.4, 0.5) is 10.1 Å². The summed E-state index contributed by atoms with van der Waals surface area (Å²) >= 11 is 5.93. The Labute approximate surface area is 137 Å². The average Bonchev–Trinajstić information content (AvgIpc) is 2.54. The zero-order valence-corrected chi connectivity index (χ0v) is 13.0. The second-order valence-corrected chi connectivity index (χ2v) is 4.98. The minimum atomic E-state index is -0.875. The largest absolute Gasteiger partial charge is 0.495 e. The maximum atomic E-state index is 13.4. The van der Waals surface area contributed by atoms with E-state index in [0.29, 0.717) is 22.0 Å². The van der Waals surface area contributed by atoms with Crippen molar-refractivity contribution < 1.29 is 18.7 Å². The Kier molecular flexibility index (Phi) is 5.54. The third-order valence-electron chi connectivity index (χ3n) is 3.01. The zero-order chi connectivity index (χ0) is 16.8. The van der Waals surface area contributed by atoms with Crippen LogP contribution in [0.2, 0.25) is 5.02 Å². The number of carbonyl (C=O) groups excluding carboxylic acids is 2. The molecule has 23 heavy (non-hydrogen) atoms. The van der Waals surface area contributed by atoms with E-state index in [9.17, 15) is 14.0 Å². The summed E-state index contributed by atoms with van der Waals surface area (Å²) in [5.41, 5.74) is 0.642. The second-order valence-electron chi connectivity index (χ2n) is 4.58. The monoisotopic (exact) mass is 336 g/mol. The molecule has 0 aliphatic heterocycles. The molecule has 2 N–H and O–H groups in total. The Hall–Kier alpha value is -2.60. The van der Waals surface area contributed by atoms with Crippen LogP contribution in [0.3, 0.4) is 0 Å². The Balaban J connectivity index is 1.94. The first-order chi connectivity index (χ1) is 11.0. The van der Waals surface area contributed by atoms with Crippen LogP contribution in [-0.2, 0) is 16.1 Å². The van der Waals surface area contributed by atoms with Gasteiger partial charge in [0.05, 0.1) is 12.1 Å². The van der Waals surface area contributed by atoms with E-state index in [4.69, 9.17) is 16.3 Å². The van der Waals surface area contributed by atoms with Crippen LogP contribution in [-0.4, -0.2) is 18.9 Å². The summed E-state index contributed by atoms with van der Waals surface area (Å²) in [7, 11) is 1.47. The van der Waals surface area contributed by atoms with Crippen LogP contribution in [0.25, 0.3) is 0 Å². The fourth-order valence-corrected chi connectivity index (χ4v) is 2.09.